The third-order valence-electron chi connectivity index (χ3n) is 5.90. The van der Waals surface area contributed by atoms with E-state index in [0.29, 0.717) is 31.5 Å². The highest BCUT2D eigenvalue weighted by atomic mass is 16.5. The Labute approximate surface area is 202 Å². The lowest BCUT2D eigenvalue weighted by molar-refractivity contribution is -0.161. The van der Waals surface area contributed by atoms with Crippen LogP contribution >= 0.6 is 0 Å². The molecule has 0 fully saturated rings. The van der Waals surface area contributed by atoms with E-state index in [4.69, 9.17) is 26.6 Å². The maximum atomic E-state index is 12.8. The van der Waals surface area contributed by atoms with Crippen LogP contribution in [0.15, 0.2) is 29.8 Å². The first-order chi connectivity index (χ1) is 16.0. The van der Waals surface area contributed by atoms with Gasteiger partial charge in [-0.2, -0.15) is 10.5 Å². The van der Waals surface area contributed by atoms with Crippen molar-refractivity contribution in [3.8, 4) is 12.1 Å². The first kappa shape index (κ1) is 28.2. The van der Waals surface area contributed by atoms with E-state index < -0.39 is 10.8 Å². The number of ether oxygens (including phenoxy) is 2. The lowest BCUT2D eigenvalue weighted by atomic mass is 9.72. The number of nitrogens with zero attached hydrogens (tertiary/aromatic N) is 4. The smallest absolute Gasteiger partial charge is 0.311 e. The highest BCUT2D eigenvalue weighted by Crippen LogP contribution is 2.38. The zero-order chi connectivity index (χ0) is 25.9. The third-order valence-corrected chi connectivity index (χ3v) is 5.90. The summed E-state index contributed by atoms with van der Waals surface area (Å²) in [7, 11) is 1.35. The van der Waals surface area contributed by atoms with Gasteiger partial charge in [0.1, 0.15) is 12.2 Å². The number of rotatable bonds is 11. The van der Waals surface area contributed by atoms with E-state index in [2.05, 4.69) is 4.85 Å². The summed E-state index contributed by atoms with van der Waals surface area (Å²) in [6, 6.07) is 10.5. The summed E-state index contributed by atoms with van der Waals surface area (Å²) in [5, 5.41) is 18.1. The number of hydrogen-bond acceptors (Lipinski definition) is 7. The fourth-order valence-corrected chi connectivity index (χ4v) is 3.77. The van der Waals surface area contributed by atoms with E-state index in [9.17, 15) is 9.59 Å². The molecule has 0 aliphatic carbocycles. The summed E-state index contributed by atoms with van der Waals surface area (Å²) in [6.45, 7) is 17.7. The Morgan fingerprint density at radius 2 is 1.68 bits per heavy atom. The van der Waals surface area contributed by atoms with Crippen molar-refractivity contribution in [3.05, 3.63) is 46.8 Å². The monoisotopic (exact) mass is 464 g/mol. The molecule has 1 aromatic carbocycles. The molecule has 0 radical (unpaired) electrons. The number of esters is 2. The fraction of sp³-hybridized carbons (Fsp3) is 0.500. The van der Waals surface area contributed by atoms with Gasteiger partial charge in [0, 0.05) is 12.2 Å². The van der Waals surface area contributed by atoms with Crippen LogP contribution in [0, 0.1) is 40.1 Å². The molecule has 0 heterocycles. The van der Waals surface area contributed by atoms with Crippen LogP contribution in [0.5, 0.6) is 0 Å². The van der Waals surface area contributed by atoms with Gasteiger partial charge in [-0.3, -0.25) is 9.59 Å². The second-order valence-corrected chi connectivity index (χ2v) is 8.79. The fourth-order valence-electron chi connectivity index (χ4n) is 3.77. The van der Waals surface area contributed by atoms with Crippen LogP contribution in [0.25, 0.3) is 10.5 Å². The van der Waals surface area contributed by atoms with Gasteiger partial charge < -0.3 is 14.4 Å². The van der Waals surface area contributed by atoms with Gasteiger partial charge in [-0.05, 0) is 58.2 Å². The van der Waals surface area contributed by atoms with Gasteiger partial charge in [0.05, 0.1) is 43.2 Å². The Morgan fingerprint density at radius 3 is 2.12 bits per heavy atom. The summed E-state index contributed by atoms with van der Waals surface area (Å²) in [4.78, 5) is 30.3. The molecule has 0 N–H and O–H groups in total. The number of allylic oxidation sites excluding steroid dienone is 1. The number of hydrogen-bond donors (Lipinski definition) is 0. The molecule has 0 amide bonds. The average molecular weight is 465 g/mol. The Bertz CT molecular complexity index is 1020. The van der Waals surface area contributed by atoms with Crippen molar-refractivity contribution in [1.82, 2.24) is 0 Å². The van der Waals surface area contributed by atoms with Gasteiger partial charge in [0.25, 0.3) is 0 Å². The van der Waals surface area contributed by atoms with Gasteiger partial charge in [-0.15, -0.1) is 0 Å². The highest BCUT2D eigenvalue weighted by Gasteiger charge is 2.42. The third kappa shape index (κ3) is 6.83. The second kappa shape index (κ2) is 12.4. The van der Waals surface area contributed by atoms with E-state index in [1.807, 2.05) is 18.7 Å². The molecule has 0 aromatic heterocycles. The van der Waals surface area contributed by atoms with Crippen molar-refractivity contribution in [2.24, 2.45) is 10.8 Å². The number of anilines is 1. The Kier molecular flexibility index (Phi) is 10.3. The molecule has 34 heavy (non-hydrogen) atoms. The average Bonchev–Trinajstić information content (AvgIpc) is 2.84. The predicted octanol–water partition coefficient (Wildman–Crippen LogP) is 4.74. The minimum absolute atomic E-state index is 0.0155. The predicted molar refractivity (Wildman–Crippen MR) is 129 cm³/mol. The minimum atomic E-state index is -0.862. The van der Waals surface area contributed by atoms with E-state index in [1.54, 1.807) is 57.2 Å². The number of methoxy groups -OCH3 is 1. The van der Waals surface area contributed by atoms with Gasteiger partial charge in [0.2, 0.25) is 5.70 Å². The van der Waals surface area contributed by atoms with Crippen LogP contribution in [-0.4, -0.2) is 38.7 Å². The van der Waals surface area contributed by atoms with E-state index in [-0.39, 0.29) is 29.8 Å². The number of carbonyl (C=O) groups excluding carboxylic acids is 2. The summed E-state index contributed by atoms with van der Waals surface area (Å²) in [6.07, 6.45) is 0.857. The number of benzene rings is 1. The molecular formula is C26H32N4O4. The van der Waals surface area contributed by atoms with Gasteiger partial charge in [0.15, 0.2) is 0 Å². The highest BCUT2D eigenvalue weighted by molar-refractivity contribution is 5.81. The molecule has 0 aliphatic rings. The molecule has 8 nitrogen and oxygen atoms in total. The van der Waals surface area contributed by atoms with Crippen LogP contribution in [0.1, 0.15) is 53.0 Å². The summed E-state index contributed by atoms with van der Waals surface area (Å²) in [5.41, 5.74) is -0.502. The molecule has 0 bridgehead atoms. The van der Waals surface area contributed by atoms with Gasteiger partial charge >= 0.3 is 11.9 Å². The molecule has 1 atom stereocenters. The van der Waals surface area contributed by atoms with Crippen molar-refractivity contribution in [1.29, 1.82) is 10.5 Å². The summed E-state index contributed by atoms with van der Waals surface area (Å²) >= 11 is 0. The molecule has 0 aliphatic heterocycles. The minimum Gasteiger partial charge on any atom is -0.469 e. The molecule has 0 saturated heterocycles. The first-order valence-corrected chi connectivity index (χ1v) is 11.1. The Morgan fingerprint density at radius 1 is 1.09 bits per heavy atom. The maximum absolute atomic E-state index is 12.8. The quantitative estimate of drug-likeness (QED) is 0.264. The number of carbonyl (C=O) groups is 2. The Hall–Kier alpha value is -3.83. The van der Waals surface area contributed by atoms with E-state index in [1.165, 1.54) is 7.11 Å². The molecule has 8 heteroatoms. The summed E-state index contributed by atoms with van der Waals surface area (Å²) in [5.74, 6) is -0.723. The second-order valence-electron chi connectivity index (χ2n) is 8.79. The molecule has 180 valence electrons. The molecule has 1 aromatic rings. The van der Waals surface area contributed by atoms with E-state index >= 15 is 0 Å². The van der Waals surface area contributed by atoms with Crippen LogP contribution in [0.2, 0.25) is 0 Å². The van der Waals surface area contributed by atoms with Crippen molar-refractivity contribution in [3.63, 3.8) is 0 Å². The largest absolute Gasteiger partial charge is 0.469 e. The maximum Gasteiger partial charge on any atom is 0.311 e. The number of likely N-dealkylation sites (N-methyl/N-ethyl adjacent to an activating group) is 1. The topological polar surface area (TPSA) is 108 Å². The van der Waals surface area contributed by atoms with Crippen LogP contribution in [0.3, 0.4) is 0 Å². The van der Waals surface area contributed by atoms with Crippen molar-refractivity contribution in [2.45, 2.75) is 47.5 Å². The van der Waals surface area contributed by atoms with Gasteiger partial charge in [-0.1, -0.05) is 19.1 Å². The molecule has 1 rings (SSSR count). The van der Waals surface area contributed by atoms with Crippen LogP contribution < -0.4 is 4.90 Å². The van der Waals surface area contributed by atoms with Crippen molar-refractivity contribution < 1.29 is 19.1 Å². The molecule has 1 unspecified atom stereocenters. The number of nitriles is 2. The normalized spacial score (nSPS) is 12.2. The van der Waals surface area contributed by atoms with Gasteiger partial charge in [-0.25, -0.2) is 4.85 Å². The zero-order valence-electron chi connectivity index (χ0n) is 20.8. The standard InChI is InChI=1S/C26H32N4O4/c1-8-26(5,24(32)33-7)18-25(3,4)23(31)34-15-14-30(9-2)21-12-10-19(11-13-21)22(29-6)20(16-27)17-28/h10-13H,8-9,14-15,18H2,1-5,7H3. The lowest BCUT2D eigenvalue weighted by Crippen LogP contribution is -2.39. The van der Waals surface area contributed by atoms with E-state index in [0.717, 1.165) is 5.69 Å². The van der Waals surface area contributed by atoms with Crippen molar-refractivity contribution in [2.75, 3.05) is 31.7 Å². The SMILES string of the molecule is [C-]#[N+]C(=C(C#N)C#N)c1ccc(N(CC)CCOC(=O)C(C)(C)CC(C)(CC)C(=O)OC)cc1. The first-order valence-electron chi connectivity index (χ1n) is 11.1. The summed E-state index contributed by atoms with van der Waals surface area (Å²) < 4.78 is 10.5. The van der Waals surface area contributed by atoms with Crippen LogP contribution in [-0.2, 0) is 19.1 Å². The molecule has 0 saturated carbocycles. The molecular weight excluding hydrogens is 432 g/mol. The Balaban J connectivity index is 2.86. The van der Waals surface area contributed by atoms with Crippen LogP contribution in [0.4, 0.5) is 5.69 Å². The van der Waals surface area contributed by atoms with Crippen molar-refractivity contribution >= 4 is 23.3 Å². The zero-order valence-corrected chi connectivity index (χ0v) is 20.8. The molecule has 0 spiro atoms. The lowest BCUT2D eigenvalue weighted by Gasteiger charge is -2.33.